The molecule has 0 aliphatic heterocycles. The molecule has 0 radical (unpaired) electrons. The lowest BCUT2D eigenvalue weighted by Gasteiger charge is -2.02. The van der Waals surface area contributed by atoms with Crippen molar-refractivity contribution in [2.75, 3.05) is 0 Å². The molecule has 3 aromatic rings. The molecular formula is C11H7ClN4O. The Balaban J connectivity index is 2.34. The first-order valence-corrected chi connectivity index (χ1v) is 5.31. The van der Waals surface area contributed by atoms with Crippen LogP contribution in [0.25, 0.3) is 17.0 Å². The van der Waals surface area contributed by atoms with E-state index in [1.165, 1.54) is 6.20 Å². The minimum atomic E-state index is -0.435. The van der Waals surface area contributed by atoms with Crippen LogP contribution >= 0.6 is 11.6 Å². The highest BCUT2D eigenvalue weighted by Gasteiger charge is 2.10. The van der Waals surface area contributed by atoms with Gasteiger partial charge in [0.2, 0.25) is 0 Å². The van der Waals surface area contributed by atoms with Crippen molar-refractivity contribution in [1.29, 1.82) is 0 Å². The monoisotopic (exact) mass is 246 g/mol. The van der Waals surface area contributed by atoms with Crippen LogP contribution in [0.4, 0.5) is 0 Å². The third-order valence-corrected chi connectivity index (χ3v) is 2.73. The fraction of sp³-hybridized carbons (Fsp3) is 0. The van der Waals surface area contributed by atoms with Crippen LogP contribution in [0.15, 0.2) is 41.6 Å². The number of H-pyrrole nitrogens is 1. The van der Waals surface area contributed by atoms with Crippen LogP contribution < -0.4 is 5.69 Å². The second-order valence-corrected chi connectivity index (χ2v) is 3.89. The van der Waals surface area contributed by atoms with E-state index in [0.29, 0.717) is 10.7 Å². The summed E-state index contributed by atoms with van der Waals surface area (Å²) in [4.78, 5) is 21.6. The predicted octanol–water partition coefficient (Wildman–Crippen LogP) is 1.74. The first-order valence-electron chi connectivity index (χ1n) is 4.93. The molecule has 3 rings (SSSR count). The number of aromatic amines is 1. The van der Waals surface area contributed by atoms with E-state index in [1.807, 2.05) is 28.8 Å². The van der Waals surface area contributed by atoms with Crippen molar-refractivity contribution in [2.45, 2.75) is 0 Å². The molecule has 1 N–H and O–H groups in total. The number of nitrogens with zero attached hydrogens (tertiary/aromatic N) is 3. The van der Waals surface area contributed by atoms with Gasteiger partial charge in [-0.05, 0) is 12.1 Å². The number of fused-ring (bicyclic) bond motifs is 1. The zero-order valence-corrected chi connectivity index (χ0v) is 9.35. The van der Waals surface area contributed by atoms with Gasteiger partial charge in [0.15, 0.2) is 0 Å². The third-order valence-electron chi connectivity index (χ3n) is 2.44. The average Bonchev–Trinajstić information content (AvgIpc) is 2.76. The minimum absolute atomic E-state index is 0.384. The normalized spacial score (nSPS) is 10.9. The summed E-state index contributed by atoms with van der Waals surface area (Å²) in [6.07, 6.45) is 4.84. The lowest BCUT2D eigenvalue weighted by molar-refractivity contribution is 1.06. The Morgan fingerprint density at radius 2 is 2.12 bits per heavy atom. The Kier molecular flexibility index (Phi) is 2.19. The first kappa shape index (κ1) is 10.0. The summed E-state index contributed by atoms with van der Waals surface area (Å²) in [6, 6.07) is 5.64. The van der Waals surface area contributed by atoms with E-state index in [1.54, 1.807) is 6.20 Å². The van der Waals surface area contributed by atoms with Gasteiger partial charge in [-0.1, -0.05) is 17.7 Å². The number of nitrogens with one attached hydrogen (secondary N) is 1. The van der Waals surface area contributed by atoms with Gasteiger partial charge < -0.3 is 4.98 Å². The fourth-order valence-corrected chi connectivity index (χ4v) is 1.88. The van der Waals surface area contributed by atoms with E-state index in [-0.39, 0.29) is 0 Å². The molecule has 0 unspecified atom stereocenters. The molecule has 0 saturated heterocycles. The topological polar surface area (TPSA) is 63.1 Å². The number of pyridine rings is 1. The average molecular weight is 247 g/mol. The molecule has 0 aliphatic rings. The minimum Gasteiger partial charge on any atom is -0.303 e. The molecule has 84 valence electrons. The SMILES string of the molecule is O=c1ncc(Cl)c(-c2cnc3ccccn23)[nH]1. The summed E-state index contributed by atoms with van der Waals surface area (Å²) in [5, 5.41) is 0.384. The van der Waals surface area contributed by atoms with Crippen molar-refractivity contribution >= 4 is 17.2 Å². The Labute approximate surface area is 101 Å². The van der Waals surface area contributed by atoms with Gasteiger partial charge in [-0.2, -0.15) is 0 Å². The predicted molar refractivity (Wildman–Crippen MR) is 64.1 cm³/mol. The van der Waals surface area contributed by atoms with E-state index in [2.05, 4.69) is 15.0 Å². The van der Waals surface area contributed by atoms with Gasteiger partial charge in [0, 0.05) is 6.20 Å². The highest BCUT2D eigenvalue weighted by molar-refractivity contribution is 6.32. The van der Waals surface area contributed by atoms with Crippen LogP contribution in [0, 0.1) is 0 Å². The molecule has 0 aliphatic carbocycles. The van der Waals surface area contributed by atoms with Gasteiger partial charge in [0.25, 0.3) is 0 Å². The zero-order valence-electron chi connectivity index (χ0n) is 8.59. The Bertz CT molecular complexity index is 746. The van der Waals surface area contributed by atoms with Crippen LogP contribution in [-0.2, 0) is 0 Å². The lowest BCUT2D eigenvalue weighted by atomic mass is 10.3. The second-order valence-electron chi connectivity index (χ2n) is 3.48. The molecule has 0 spiro atoms. The molecule has 0 saturated carbocycles. The van der Waals surface area contributed by atoms with E-state index in [4.69, 9.17) is 11.6 Å². The number of hydrogen-bond donors (Lipinski definition) is 1. The summed E-state index contributed by atoms with van der Waals surface area (Å²) in [5.41, 5.74) is 1.60. The molecule has 3 heterocycles. The van der Waals surface area contributed by atoms with Gasteiger partial charge in [-0.15, -0.1) is 0 Å². The molecule has 5 nitrogen and oxygen atoms in total. The molecular weight excluding hydrogens is 240 g/mol. The fourth-order valence-electron chi connectivity index (χ4n) is 1.68. The summed E-state index contributed by atoms with van der Waals surface area (Å²) in [7, 11) is 0. The molecule has 3 aromatic heterocycles. The maximum Gasteiger partial charge on any atom is 0.345 e. The van der Waals surface area contributed by atoms with Gasteiger partial charge in [-0.25, -0.2) is 14.8 Å². The largest absolute Gasteiger partial charge is 0.345 e. The third kappa shape index (κ3) is 1.60. The highest BCUT2D eigenvalue weighted by atomic mass is 35.5. The van der Waals surface area contributed by atoms with Crippen LogP contribution in [0.1, 0.15) is 0 Å². The lowest BCUT2D eigenvalue weighted by Crippen LogP contribution is -2.10. The first-order chi connectivity index (χ1) is 8.25. The number of imidazole rings is 1. The molecule has 0 bridgehead atoms. The highest BCUT2D eigenvalue weighted by Crippen LogP contribution is 2.24. The van der Waals surface area contributed by atoms with Crippen molar-refractivity contribution in [3.05, 3.63) is 52.3 Å². The van der Waals surface area contributed by atoms with Crippen molar-refractivity contribution in [1.82, 2.24) is 19.4 Å². The van der Waals surface area contributed by atoms with Crippen molar-refractivity contribution in [3.8, 4) is 11.4 Å². The maximum atomic E-state index is 11.2. The van der Waals surface area contributed by atoms with E-state index in [0.717, 1.165) is 11.3 Å². The van der Waals surface area contributed by atoms with Crippen LogP contribution in [-0.4, -0.2) is 19.4 Å². The number of hydrogen-bond acceptors (Lipinski definition) is 3. The van der Waals surface area contributed by atoms with E-state index < -0.39 is 5.69 Å². The molecule has 0 aromatic carbocycles. The Hall–Kier alpha value is -2.14. The number of rotatable bonds is 1. The van der Waals surface area contributed by atoms with Gasteiger partial charge in [-0.3, -0.25) is 4.40 Å². The van der Waals surface area contributed by atoms with E-state index in [9.17, 15) is 4.79 Å². The molecule has 17 heavy (non-hydrogen) atoms. The number of aromatic nitrogens is 4. The van der Waals surface area contributed by atoms with Gasteiger partial charge in [0.05, 0.1) is 28.8 Å². The van der Waals surface area contributed by atoms with Gasteiger partial charge >= 0.3 is 5.69 Å². The molecule has 0 atom stereocenters. The van der Waals surface area contributed by atoms with E-state index >= 15 is 0 Å². The van der Waals surface area contributed by atoms with Crippen molar-refractivity contribution < 1.29 is 0 Å². The Morgan fingerprint density at radius 1 is 1.24 bits per heavy atom. The smallest absolute Gasteiger partial charge is 0.303 e. The van der Waals surface area contributed by atoms with Crippen molar-refractivity contribution in [3.63, 3.8) is 0 Å². The second kappa shape index (κ2) is 3.71. The molecule has 0 amide bonds. The summed E-state index contributed by atoms with van der Waals surface area (Å²) < 4.78 is 1.84. The zero-order chi connectivity index (χ0) is 11.8. The molecule has 6 heteroatoms. The van der Waals surface area contributed by atoms with Crippen LogP contribution in [0.3, 0.4) is 0 Å². The summed E-state index contributed by atoms with van der Waals surface area (Å²) in [6.45, 7) is 0. The van der Waals surface area contributed by atoms with Crippen LogP contribution in [0.5, 0.6) is 0 Å². The summed E-state index contributed by atoms with van der Waals surface area (Å²) >= 11 is 6.01. The summed E-state index contributed by atoms with van der Waals surface area (Å²) in [5.74, 6) is 0. The molecule has 0 fully saturated rings. The quantitative estimate of drug-likeness (QED) is 0.711. The van der Waals surface area contributed by atoms with Gasteiger partial charge in [0.1, 0.15) is 5.65 Å². The maximum absolute atomic E-state index is 11.2. The van der Waals surface area contributed by atoms with Crippen LogP contribution in [0.2, 0.25) is 5.02 Å². The standard InChI is InChI=1S/C11H7ClN4O/c12-7-5-14-11(17)15-10(7)8-6-13-9-3-1-2-4-16(8)9/h1-6H,(H,14,15,17). The number of halogens is 1. The van der Waals surface area contributed by atoms with Crippen molar-refractivity contribution in [2.24, 2.45) is 0 Å². The Morgan fingerprint density at radius 3 is 3.00 bits per heavy atom.